The number of hydrogen-bond donors (Lipinski definition) is 0. The van der Waals surface area contributed by atoms with Crippen molar-refractivity contribution in [2.45, 2.75) is 11.2 Å². The lowest BCUT2D eigenvalue weighted by Crippen LogP contribution is -2.05. The van der Waals surface area contributed by atoms with Crippen molar-refractivity contribution in [1.29, 1.82) is 0 Å². The molecule has 0 aliphatic rings. The molecule has 0 unspecified atom stereocenters. The molecule has 0 spiro atoms. The van der Waals surface area contributed by atoms with Gasteiger partial charge in [-0.05, 0) is 6.07 Å². The summed E-state index contributed by atoms with van der Waals surface area (Å²) < 4.78 is 36.2. The first kappa shape index (κ1) is 10.7. The van der Waals surface area contributed by atoms with Crippen LogP contribution in [0.4, 0.5) is 13.2 Å². The zero-order valence-corrected chi connectivity index (χ0v) is 7.80. The van der Waals surface area contributed by atoms with Crippen LogP contribution in [0.3, 0.4) is 0 Å². The van der Waals surface area contributed by atoms with Gasteiger partial charge in [-0.3, -0.25) is 0 Å². The lowest BCUT2D eigenvalue weighted by molar-refractivity contribution is -0.137. The molecule has 13 heavy (non-hydrogen) atoms. The molecule has 1 heterocycles. The van der Waals surface area contributed by atoms with Crippen molar-refractivity contribution < 1.29 is 13.2 Å². The maximum Gasteiger partial charge on any atom is 0.417 e. The molecule has 1 radical (unpaired) electrons. The molecule has 0 aliphatic heterocycles. The number of thioether (sulfide) groups is 1. The average Bonchev–Trinajstić information content (AvgIpc) is 2.02. The van der Waals surface area contributed by atoms with E-state index in [2.05, 4.69) is 11.2 Å². The maximum absolute atomic E-state index is 12.1. The lowest BCUT2D eigenvalue weighted by Gasteiger charge is -2.07. The fourth-order valence-electron chi connectivity index (χ4n) is 0.687. The third-order valence-electron chi connectivity index (χ3n) is 1.27. The van der Waals surface area contributed by atoms with Crippen LogP contribution in [0.25, 0.3) is 0 Å². The van der Waals surface area contributed by atoms with E-state index in [1.54, 1.807) is 0 Å². The summed E-state index contributed by atoms with van der Waals surface area (Å²) in [6.45, 7) is 0. The minimum atomic E-state index is -4.40. The van der Waals surface area contributed by atoms with Crippen molar-refractivity contribution in [1.82, 2.24) is 4.98 Å². The van der Waals surface area contributed by atoms with Crippen molar-refractivity contribution in [3.05, 3.63) is 29.1 Å². The van der Waals surface area contributed by atoms with Crippen LogP contribution >= 0.6 is 23.4 Å². The Morgan fingerprint density at radius 1 is 1.46 bits per heavy atom. The highest BCUT2D eigenvalue weighted by molar-refractivity contribution is 8.00. The molecule has 0 saturated heterocycles. The number of hydrogen-bond acceptors (Lipinski definition) is 2. The molecule has 0 fully saturated rings. The van der Waals surface area contributed by atoms with Gasteiger partial charge in [0.2, 0.25) is 0 Å². The van der Waals surface area contributed by atoms with Crippen molar-refractivity contribution >= 4 is 23.4 Å². The first-order valence-electron chi connectivity index (χ1n) is 3.10. The van der Waals surface area contributed by atoms with Crippen molar-refractivity contribution in [2.75, 3.05) is 0 Å². The Morgan fingerprint density at radius 2 is 2.08 bits per heavy atom. The van der Waals surface area contributed by atoms with Gasteiger partial charge < -0.3 is 0 Å². The molecule has 0 amide bonds. The monoisotopic (exact) mass is 226 g/mol. The summed E-state index contributed by atoms with van der Waals surface area (Å²) >= 11 is 6.47. The summed E-state index contributed by atoms with van der Waals surface area (Å²) in [4.78, 5) is 3.51. The molecule has 1 nitrogen and oxygen atoms in total. The van der Waals surface area contributed by atoms with E-state index in [0.29, 0.717) is 0 Å². The van der Waals surface area contributed by atoms with Crippen molar-refractivity contribution in [2.24, 2.45) is 0 Å². The second kappa shape index (κ2) is 3.75. The third kappa shape index (κ3) is 2.51. The number of alkyl halides is 3. The van der Waals surface area contributed by atoms with E-state index in [9.17, 15) is 13.2 Å². The highest BCUT2D eigenvalue weighted by Gasteiger charge is 2.31. The van der Waals surface area contributed by atoms with Crippen LogP contribution in [0.2, 0.25) is 5.02 Å². The molecule has 0 atom stereocenters. The number of pyridine rings is 1. The molecule has 0 aliphatic carbocycles. The summed E-state index contributed by atoms with van der Waals surface area (Å²) in [5.74, 6) is 0. The van der Waals surface area contributed by atoms with Gasteiger partial charge in [-0.15, -0.1) is 11.8 Å². The molecule has 0 saturated carbocycles. The molecule has 1 aromatic rings. The largest absolute Gasteiger partial charge is 0.417 e. The van der Waals surface area contributed by atoms with Crippen molar-refractivity contribution in [3.63, 3.8) is 0 Å². The Bertz CT molecular complexity index is 313. The van der Waals surface area contributed by atoms with Gasteiger partial charge in [0.25, 0.3) is 0 Å². The van der Waals surface area contributed by atoms with E-state index in [-0.39, 0.29) is 10.0 Å². The fraction of sp³-hybridized carbons (Fsp3) is 0.143. The fourth-order valence-corrected chi connectivity index (χ4v) is 1.34. The van der Waals surface area contributed by atoms with Gasteiger partial charge in [0.1, 0.15) is 5.03 Å². The SMILES string of the molecule is [CH2]Sc1ncc(C(F)(F)F)cc1Cl. The number of halogens is 4. The smallest absolute Gasteiger partial charge is 0.248 e. The standard InChI is InChI=1S/C7H4ClF3NS/c1-13-6-5(8)2-4(3-12-6)7(9,10)11/h2-3H,1H2. The Morgan fingerprint density at radius 3 is 2.46 bits per heavy atom. The molecular formula is C7H4ClF3NS. The van der Waals surface area contributed by atoms with Gasteiger partial charge in [-0.2, -0.15) is 13.2 Å². The zero-order valence-electron chi connectivity index (χ0n) is 6.23. The van der Waals surface area contributed by atoms with Crippen LogP contribution in [0.5, 0.6) is 0 Å². The number of aromatic nitrogens is 1. The van der Waals surface area contributed by atoms with Crippen LogP contribution in [0.15, 0.2) is 17.3 Å². The van der Waals surface area contributed by atoms with Gasteiger partial charge >= 0.3 is 6.18 Å². The summed E-state index contributed by atoms with van der Waals surface area (Å²) in [5.41, 5.74) is -0.852. The Balaban J connectivity index is 3.10. The quantitative estimate of drug-likeness (QED) is 0.678. The van der Waals surface area contributed by atoms with Crippen LogP contribution < -0.4 is 0 Å². The minimum absolute atomic E-state index is 0.0326. The predicted octanol–water partition coefficient (Wildman–Crippen LogP) is 3.64. The molecular weight excluding hydrogens is 223 g/mol. The van der Waals surface area contributed by atoms with E-state index in [0.717, 1.165) is 24.0 Å². The summed E-state index contributed by atoms with van der Waals surface area (Å²) in [6, 6.07) is 0.835. The van der Waals surface area contributed by atoms with Crippen LogP contribution in [-0.2, 0) is 6.18 Å². The molecule has 0 bridgehead atoms. The van der Waals surface area contributed by atoms with Gasteiger partial charge in [0, 0.05) is 12.5 Å². The molecule has 0 N–H and O–H groups in total. The highest BCUT2D eigenvalue weighted by Crippen LogP contribution is 2.33. The van der Waals surface area contributed by atoms with Gasteiger partial charge in [0.15, 0.2) is 0 Å². The van der Waals surface area contributed by atoms with Gasteiger partial charge in [-0.25, -0.2) is 4.98 Å². The molecule has 6 heteroatoms. The van der Waals surface area contributed by atoms with Gasteiger partial charge in [-0.1, -0.05) is 11.6 Å². The maximum atomic E-state index is 12.1. The van der Waals surface area contributed by atoms with E-state index < -0.39 is 11.7 Å². The van der Waals surface area contributed by atoms with Crippen LogP contribution in [-0.4, -0.2) is 4.98 Å². The third-order valence-corrected chi connectivity index (χ3v) is 2.27. The molecule has 1 rings (SSSR count). The minimum Gasteiger partial charge on any atom is -0.248 e. The number of rotatable bonds is 1. The summed E-state index contributed by atoms with van der Waals surface area (Å²) in [5, 5.41) is 0.254. The Labute approximate surface area is 82.3 Å². The summed E-state index contributed by atoms with van der Waals surface area (Å²) in [6.07, 6.45) is -0.269. The lowest BCUT2D eigenvalue weighted by atomic mass is 10.3. The summed E-state index contributed by atoms with van der Waals surface area (Å²) in [7, 11) is 0. The first-order valence-corrected chi connectivity index (χ1v) is 4.46. The normalized spacial score (nSPS) is 11.8. The molecule has 1 aromatic heterocycles. The van der Waals surface area contributed by atoms with E-state index >= 15 is 0 Å². The average molecular weight is 227 g/mol. The second-order valence-corrected chi connectivity index (χ2v) is 3.24. The number of nitrogens with zero attached hydrogens (tertiary/aromatic N) is 1. The van der Waals surface area contributed by atoms with Crippen molar-refractivity contribution in [3.8, 4) is 0 Å². The predicted molar refractivity (Wildman–Crippen MR) is 45.5 cm³/mol. The zero-order chi connectivity index (χ0) is 10.1. The Kier molecular flexibility index (Phi) is 3.08. The molecule has 71 valence electrons. The topological polar surface area (TPSA) is 12.9 Å². The Hall–Kier alpha value is -0.420. The van der Waals surface area contributed by atoms with Crippen LogP contribution in [0.1, 0.15) is 5.56 Å². The van der Waals surface area contributed by atoms with Gasteiger partial charge in [0.05, 0.1) is 10.6 Å². The van der Waals surface area contributed by atoms with E-state index in [1.807, 2.05) is 0 Å². The van der Waals surface area contributed by atoms with E-state index in [4.69, 9.17) is 11.6 Å². The highest BCUT2D eigenvalue weighted by atomic mass is 35.5. The first-order chi connectivity index (χ1) is 5.95. The van der Waals surface area contributed by atoms with E-state index in [1.165, 1.54) is 0 Å². The second-order valence-electron chi connectivity index (χ2n) is 2.15. The van der Waals surface area contributed by atoms with Crippen LogP contribution in [0, 0.1) is 6.26 Å². The molecule has 0 aromatic carbocycles.